The monoisotopic (exact) mass is 567 g/mol. The van der Waals surface area contributed by atoms with Gasteiger partial charge in [0.1, 0.15) is 6.10 Å². The van der Waals surface area contributed by atoms with Gasteiger partial charge in [-0.1, -0.05) is 104 Å². The van der Waals surface area contributed by atoms with Gasteiger partial charge in [-0.2, -0.15) is 10.2 Å². The Morgan fingerprint density at radius 3 is 1.68 bits per heavy atom. The van der Waals surface area contributed by atoms with Crippen molar-refractivity contribution in [1.29, 1.82) is 0 Å². The number of hydrogen-bond acceptors (Lipinski definition) is 5. The van der Waals surface area contributed by atoms with Crippen molar-refractivity contribution < 1.29 is 9.90 Å². The van der Waals surface area contributed by atoms with Crippen LogP contribution in [0.15, 0.2) is 109 Å². The van der Waals surface area contributed by atoms with E-state index in [1.165, 1.54) is 0 Å². The molecule has 7 heteroatoms. The summed E-state index contributed by atoms with van der Waals surface area (Å²) in [5.74, 6) is 0.000375. The lowest BCUT2D eigenvalue weighted by atomic mass is 9.83. The van der Waals surface area contributed by atoms with Crippen molar-refractivity contribution in [3.63, 3.8) is 0 Å². The summed E-state index contributed by atoms with van der Waals surface area (Å²) in [6.45, 7) is 10.6. The lowest BCUT2D eigenvalue weighted by molar-refractivity contribution is -0.164. The number of likely N-dealkylation sites (tertiary alicyclic amines) is 1. The molecule has 3 atom stereocenters. The average Bonchev–Trinajstić information content (AvgIpc) is 2.96. The summed E-state index contributed by atoms with van der Waals surface area (Å²) in [6, 6.07) is 35.1. The van der Waals surface area contributed by atoms with Gasteiger partial charge in [0.25, 0.3) is 0 Å². The van der Waals surface area contributed by atoms with Gasteiger partial charge in [-0.3, -0.25) is 4.79 Å². The molecule has 40 heavy (non-hydrogen) atoms. The van der Waals surface area contributed by atoms with Crippen LogP contribution in [-0.2, 0) is 9.54 Å². The Balaban J connectivity index is 1.79. The third kappa shape index (κ3) is 4.50. The highest BCUT2D eigenvalue weighted by atomic mass is 32.2. The number of thioether (sulfide) groups is 1. The van der Waals surface area contributed by atoms with Gasteiger partial charge in [0.15, 0.2) is 0 Å². The van der Waals surface area contributed by atoms with Crippen molar-refractivity contribution in [1.82, 2.24) is 15.1 Å². The second-order valence-electron chi connectivity index (χ2n) is 11.7. The van der Waals surface area contributed by atoms with Crippen LogP contribution in [0.1, 0.15) is 49.3 Å². The SMILES string of the molecule is C[SiH](C)C1(C(O)c2cccnn2)C(=O)N(C(C)(C)C)C1SC(c1ccccc1)(c1ccccc1)c1ccccc1. The Morgan fingerprint density at radius 1 is 0.825 bits per heavy atom. The molecule has 206 valence electrons. The first-order valence-corrected chi connectivity index (χ1v) is 17.6. The maximum atomic E-state index is 14.4. The number of β-lactam (4-membered cyclic amide) rings is 1. The van der Waals surface area contributed by atoms with Gasteiger partial charge < -0.3 is 10.0 Å². The molecule has 1 aliphatic rings. The van der Waals surface area contributed by atoms with Crippen molar-refractivity contribution in [2.75, 3.05) is 0 Å². The van der Waals surface area contributed by atoms with Crippen molar-refractivity contribution >= 4 is 26.5 Å². The lowest BCUT2D eigenvalue weighted by Gasteiger charge is -2.64. The number of nitrogens with zero attached hydrogens (tertiary/aromatic N) is 3. The molecule has 2 heterocycles. The van der Waals surface area contributed by atoms with Crippen LogP contribution in [0, 0.1) is 0 Å². The van der Waals surface area contributed by atoms with E-state index in [1.54, 1.807) is 30.1 Å². The summed E-state index contributed by atoms with van der Waals surface area (Å²) in [6.07, 6.45) is 0.536. The fourth-order valence-corrected chi connectivity index (χ4v) is 11.3. The minimum Gasteiger partial charge on any atom is -0.386 e. The fourth-order valence-electron chi connectivity index (χ4n) is 6.07. The number of aromatic nitrogens is 2. The Kier molecular flexibility index (Phi) is 7.74. The van der Waals surface area contributed by atoms with Crippen molar-refractivity contribution in [2.24, 2.45) is 0 Å². The molecule has 1 N–H and O–H groups in total. The van der Waals surface area contributed by atoms with E-state index in [2.05, 4.69) is 117 Å². The number of carbonyl (C=O) groups is 1. The summed E-state index contributed by atoms with van der Waals surface area (Å²) >= 11 is 1.77. The van der Waals surface area contributed by atoms with Gasteiger partial charge in [0.05, 0.1) is 29.6 Å². The van der Waals surface area contributed by atoms with Crippen molar-refractivity contribution in [3.05, 3.63) is 132 Å². The first kappa shape index (κ1) is 28.3. The maximum absolute atomic E-state index is 14.4. The molecule has 0 saturated carbocycles. The molecular formula is C33H37N3O2SSi. The second-order valence-corrected chi connectivity index (χ2v) is 16.3. The zero-order valence-corrected chi connectivity index (χ0v) is 25.7. The third-order valence-electron chi connectivity index (χ3n) is 8.07. The molecule has 1 aliphatic heterocycles. The number of rotatable bonds is 8. The van der Waals surface area contributed by atoms with Crippen LogP contribution in [0.3, 0.4) is 0 Å². The number of aliphatic hydroxyl groups excluding tert-OH is 1. The zero-order valence-electron chi connectivity index (χ0n) is 23.7. The van der Waals surface area contributed by atoms with E-state index in [9.17, 15) is 9.90 Å². The molecule has 0 spiro atoms. The molecule has 1 aromatic heterocycles. The van der Waals surface area contributed by atoms with E-state index in [1.807, 2.05) is 23.1 Å². The summed E-state index contributed by atoms with van der Waals surface area (Å²) in [4.78, 5) is 16.4. The highest BCUT2D eigenvalue weighted by Crippen LogP contribution is 2.66. The standard InChI is InChI=1S/C33H37N3O2SSi/c1-31(2,3)36-29(38)33(40(4)5,28(37)27-22-15-23-34-35-27)30(36)39-32(24-16-9-6-10-17-24,25-18-11-7-12-19-25)26-20-13-8-14-21-26/h6-23,28,30,37,40H,1-5H3. The van der Waals surface area contributed by atoms with Crippen molar-refractivity contribution in [2.45, 2.75) is 60.7 Å². The largest absolute Gasteiger partial charge is 0.386 e. The topological polar surface area (TPSA) is 66.3 Å². The highest BCUT2D eigenvalue weighted by Gasteiger charge is 2.70. The van der Waals surface area contributed by atoms with Gasteiger partial charge in [0, 0.05) is 11.7 Å². The van der Waals surface area contributed by atoms with Gasteiger partial charge >= 0.3 is 0 Å². The quantitative estimate of drug-likeness (QED) is 0.151. The lowest BCUT2D eigenvalue weighted by Crippen LogP contribution is -2.74. The first-order chi connectivity index (χ1) is 19.1. The normalized spacial score (nSPS) is 20.3. The van der Waals surface area contributed by atoms with Gasteiger partial charge in [-0.25, -0.2) is 0 Å². The summed E-state index contributed by atoms with van der Waals surface area (Å²) in [5.41, 5.74) is 3.37. The smallest absolute Gasteiger partial charge is 0.232 e. The minimum atomic E-state index is -1.87. The molecular weight excluding hydrogens is 531 g/mol. The molecule has 4 aromatic rings. The Morgan fingerprint density at radius 2 is 1.30 bits per heavy atom. The van der Waals surface area contributed by atoms with Crippen LogP contribution in [-0.4, -0.2) is 45.8 Å². The summed E-state index contributed by atoms with van der Waals surface area (Å²) in [7, 11) is -1.87. The summed E-state index contributed by atoms with van der Waals surface area (Å²) in [5, 5.41) is 19.1. The van der Waals surface area contributed by atoms with Crippen LogP contribution >= 0.6 is 11.8 Å². The zero-order chi connectivity index (χ0) is 28.5. The molecule has 5 rings (SSSR count). The van der Waals surface area contributed by atoms with E-state index in [4.69, 9.17) is 0 Å². The predicted molar refractivity (Wildman–Crippen MR) is 166 cm³/mol. The van der Waals surface area contributed by atoms with Gasteiger partial charge in [0.2, 0.25) is 5.91 Å². The van der Waals surface area contributed by atoms with E-state index < -0.39 is 30.2 Å². The van der Waals surface area contributed by atoms with Crippen LogP contribution in [0.25, 0.3) is 0 Å². The Hall–Kier alpha value is -3.26. The summed E-state index contributed by atoms with van der Waals surface area (Å²) < 4.78 is -0.644. The highest BCUT2D eigenvalue weighted by molar-refractivity contribution is 8.01. The first-order valence-electron chi connectivity index (χ1n) is 13.8. The van der Waals surface area contributed by atoms with E-state index in [0.717, 1.165) is 16.7 Å². The molecule has 1 saturated heterocycles. The number of aliphatic hydroxyl groups is 1. The van der Waals surface area contributed by atoms with E-state index in [-0.39, 0.29) is 11.3 Å². The van der Waals surface area contributed by atoms with Crippen LogP contribution in [0.4, 0.5) is 0 Å². The number of amides is 1. The number of carbonyl (C=O) groups excluding carboxylic acids is 1. The van der Waals surface area contributed by atoms with E-state index >= 15 is 0 Å². The third-order valence-corrected chi connectivity index (χ3v) is 13.0. The Bertz CT molecular complexity index is 1340. The maximum Gasteiger partial charge on any atom is 0.232 e. The second kappa shape index (κ2) is 11.0. The molecule has 0 bridgehead atoms. The molecule has 1 fully saturated rings. The average molecular weight is 568 g/mol. The molecule has 1 amide bonds. The molecule has 3 aromatic carbocycles. The number of hydrogen-bond donors (Lipinski definition) is 1. The fraction of sp³-hybridized carbons (Fsp3) is 0.303. The van der Waals surface area contributed by atoms with Crippen LogP contribution in [0.2, 0.25) is 18.1 Å². The van der Waals surface area contributed by atoms with Gasteiger partial charge in [-0.15, -0.1) is 11.8 Å². The Labute approximate surface area is 243 Å². The van der Waals surface area contributed by atoms with E-state index in [0.29, 0.717) is 5.69 Å². The van der Waals surface area contributed by atoms with Crippen LogP contribution in [0.5, 0.6) is 0 Å². The van der Waals surface area contributed by atoms with Crippen LogP contribution < -0.4 is 0 Å². The minimum absolute atomic E-state index is 0.000375. The molecule has 0 aliphatic carbocycles. The predicted octanol–water partition coefficient (Wildman–Crippen LogP) is 6.43. The molecule has 3 unspecified atom stereocenters. The molecule has 5 nitrogen and oxygen atoms in total. The van der Waals surface area contributed by atoms with Gasteiger partial charge in [-0.05, 0) is 49.6 Å². The number of benzene rings is 3. The van der Waals surface area contributed by atoms with Crippen molar-refractivity contribution in [3.8, 4) is 0 Å². The molecule has 0 radical (unpaired) electrons.